The van der Waals surface area contributed by atoms with Crippen molar-refractivity contribution in [2.24, 2.45) is 0 Å². The van der Waals surface area contributed by atoms with Crippen LogP contribution in [0.25, 0.3) is 0 Å². The Labute approximate surface area is 156 Å². The molecule has 0 fully saturated rings. The Morgan fingerprint density at radius 2 is 1.88 bits per heavy atom. The molecule has 0 spiro atoms. The molecule has 0 aliphatic heterocycles. The average molecular weight is 347 g/mol. The number of carbonyl (C=O) groups excluding carboxylic acids is 1. The van der Waals surface area contributed by atoms with Crippen LogP contribution >= 0.6 is 0 Å². The molecular weight excluding hydrogens is 322 g/mol. The Bertz CT molecular complexity index is 883. The van der Waals surface area contributed by atoms with Crippen molar-refractivity contribution in [3.8, 4) is 0 Å². The van der Waals surface area contributed by atoms with E-state index in [4.69, 9.17) is 0 Å². The van der Waals surface area contributed by atoms with Gasteiger partial charge in [0.2, 0.25) is 0 Å². The lowest BCUT2D eigenvalue weighted by Crippen LogP contribution is -2.18. The van der Waals surface area contributed by atoms with E-state index in [1.807, 2.05) is 73.8 Å². The van der Waals surface area contributed by atoms with E-state index in [2.05, 4.69) is 22.1 Å². The Kier molecular flexibility index (Phi) is 5.64. The molecule has 0 unspecified atom stereocenters. The Morgan fingerprint density at radius 1 is 1.08 bits per heavy atom. The SMILES string of the molecule is CCCN(c1cccnc1)c1cccc(NC(=O)c2cccc(C)c2)c1.[HH]. The summed E-state index contributed by atoms with van der Waals surface area (Å²) in [4.78, 5) is 18.9. The van der Waals surface area contributed by atoms with Gasteiger partial charge in [-0.3, -0.25) is 9.78 Å². The molecule has 0 atom stereocenters. The van der Waals surface area contributed by atoms with Crippen LogP contribution < -0.4 is 10.2 Å². The van der Waals surface area contributed by atoms with Gasteiger partial charge in [-0.2, -0.15) is 0 Å². The van der Waals surface area contributed by atoms with Gasteiger partial charge in [-0.15, -0.1) is 0 Å². The lowest BCUT2D eigenvalue weighted by atomic mass is 10.1. The quantitative estimate of drug-likeness (QED) is 0.646. The van der Waals surface area contributed by atoms with Crippen LogP contribution in [-0.2, 0) is 0 Å². The van der Waals surface area contributed by atoms with E-state index in [9.17, 15) is 4.79 Å². The molecule has 4 heteroatoms. The minimum absolute atomic E-state index is 0. The van der Waals surface area contributed by atoms with E-state index >= 15 is 0 Å². The Hall–Kier alpha value is -3.14. The zero-order valence-corrected chi connectivity index (χ0v) is 15.1. The predicted octanol–water partition coefficient (Wildman–Crippen LogP) is 5.44. The van der Waals surface area contributed by atoms with Crippen LogP contribution in [-0.4, -0.2) is 17.4 Å². The highest BCUT2D eigenvalue weighted by molar-refractivity contribution is 6.04. The number of rotatable bonds is 6. The van der Waals surface area contributed by atoms with Gasteiger partial charge in [-0.1, -0.05) is 30.7 Å². The highest BCUT2D eigenvalue weighted by Gasteiger charge is 2.11. The van der Waals surface area contributed by atoms with Crippen LogP contribution in [0, 0.1) is 6.92 Å². The van der Waals surface area contributed by atoms with E-state index in [0.29, 0.717) is 5.56 Å². The van der Waals surface area contributed by atoms with Gasteiger partial charge in [0.15, 0.2) is 0 Å². The summed E-state index contributed by atoms with van der Waals surface area (Å²) in [5.74, 6) is -0.103. The van der Waals surface area contributed by atoms with E-state index < -0.39 is 0 Å². The molecule has 0 saturated heterocycles. The molecule has 0 aliphatic carbocycles. The second-order valence-corrected chi connectivity index (χ2v) is 6.24. The zero-order chi connectivity index (χ0) is 18.4. The fraction of sp³-hybridized carbons (Fsp3) is 0.182. The molecule has 26 heavy (non-hydrogen) atoms. The number of aromatic nitrogens is 1. The number of benzene rings is 2. The number of aryl methyl sites for hydroxylation is 1. The van der Waals surface area contributed by atoms with Crippen molar-refractivity contribution in [3.63, 3.8) is 0 Å². The number of amides is 1. The number of hydrogen-bond acceptors (Lipinski definition) is 3. The largest absolute Gasteiger partial charge is 0.340 e. The highest BCUT2D eigenvalue weighted by Crippen LogP contribution is 2.27. The van der Waals surface area contributed by atoms with E-state index in [0.717, 1.165) is 35.6 Å². The number of nitrogens with one attached hydrogen (secondary N) is 1. The topological polar surface area (TPSA) is 45.2 Å². The van der Waals surface area contributed by atoms with Crippen LogP contribution in [0.1, 0.15) is 30.7 Å². The molecule has 4 nitrogen and oxygen atoms in total. The average Bonchev–Trinajstić information content (AvgIpc) is 2.67. The monoisotopic (exact) mass is 347 g/mol. The van der Waals surface area contributed by atoms with Crippen molar-refractivity contribution in [1.29, 1.82) is 0 Å². The molecule has 3 rings (SSSR count). The molecule has 1 amide bonds. The standard InChI is InChI=1S/C22H23N3O.H2/c1-3-13-25(21-11-6-12-23-16-21)20-10-5-9-19(15-20)24-22(26)18-8-4-7-17(2)14-18;/h4-12,14-16H,3,13H2,1-2H3,(H,24,26);1H. The number of carbonyl (C=O) groups is 1. The van der Waals surface area contributed by atoms with Gasteiger partial charge in [0.25, 0.3) is 5.91 Å². The van der Waals surface area contributed by atoms with Crippen molar-refractivity contribution < 1.29 is 6.22 Å². The lowest BCUT2D eigenvalue weighted by molar-refractivity contribution is 0.102. The van der Waals surface area contributed by atoms with Gasteiger partial charge in [0, 0.05) is 31.1 Å². The number of anilines is 3. The normalized spacial score (nSPS) is 10.4. The Balaban J connectivity index is 0.00000261. The van der Waals surface area contributed by atoms with Crippen molar-refractivity contribution in [3.05, 3.63) is 84.2 Å². The van der Waals surface area contributed by atoms with Gasteiger partial charge < -0.3 is 10.2 Å². The molecule has 2 aromatic carbocycles. The van der Waals surface area contributed by atoms with Crippen molar-refractivity contribution in [2.75, 3.05) is 16.8 Å². The minimum atomic E-state index is -0.103. The van der Waals surface area contributed by atoms with Crippen LogP contribution in [0.3, 0.4) is 0 Å². The molecule has 0 saturated carbocycles. The van der Waals surface area contributed by atoms with Crippen molar-refractivity contribution >= 4 is 23.0 Å². The molecule has 0 radical (unpaired) electrons. The van der Waals surface area contributed by atoms with Crippen molar-refractivity contribution in [1.82, 2.24) is 4.98 Å². The summed E-state index contributed by atoms with van der Waals surface area (Å²) in [5, 5.41) is 2.99. The highest BCUT2D eigenvalue weighted by atomic mass is 16.1. The van der Waals surface area contributed by atoms with Crippen LogP contribution in [0.5, 0.6) is 0 Å². The van der Waals surface area contributed by atoms with Crippen molar-refractivity contribution in [2.45, 2.75) is 20.3 Å². The summed E-state index contributed by atoms with van der Waals surface area (Å²) in [5.41, 5.74) is 4.57. The summed E-state index contributed by atoms with van der Waals surface area (Å²) in [7, 11) is 0. The Morgan fingerprint density at radius 3 is 2.62 bits per heavy atom. The second kappa shape index (κ2) is 8.30. The van der Waals surface area contributed by atoms with E-state index in [1.54, 1.807) is 6.20 Å². The fourth-order valence-corrected chi connectivity index (χ4v) is 2.89. The van der Waals surface area contributed by atoms with E-state index in [-0.39, 0.29) is 7.33 Å². The number of hydrogen-bond donors (Lipinski definition) is 1. The zero-order valence-electron chi connectivity index (χ0n) is 15.1. The molecule has 1 heterocycles. The molecule has 3 aromatic rings. The fourth-order valence-electron chi connectivity index (χ4n) is 2.89. The van der Waals surface area contributed by atoms with Gasteiger partial charge >= 0.3 is 0 Å². The first kappa shape index (κ1) is 17.7. The first-order chi connectivity index (χ1) is 12.7. The van der Waals surface area contributed by atoms with Gasteiger partial charge in [0.1, 0.15) is 0 Å². The number of nitrogens with zero attached hydrogens (tertiary/aromatic N) is 2. The molecule has 134 valence electrons. The minimum Gasteiger partial charge on any atom is -0.340 e. The molecule has 0 bridgehead atoms. The predicted molar refractivity (Wildman–Crippen MR) is 109 cm³/mol. The summed E-state index contributed by atoms with van der Waals surface area (Å²) in [6, 6.07) is 19.5. The molecule has 0 aliphatic rings. The number of pyridine rings is 1. The summed E-state index contributed by atoms with van der Waals surface area (Å²) < 4.78 is 0. The third-order valence-electron chi connectivity index (χ3n) is 4.10. The maximum absolute atomic E-state index is 12.5. The lowest BCUT2D eigenvalue weighted by Gasteiger charge is -2.24. The third kappa shape index (κ3) is 4.28. The molecule has 1 N–H and O–H groups in total. The smallest absolute Gasteiger partial charge is 0.255 e. The summed E-state index contributed by atoms with van der Waals surface area (Å²) in [6.45, 7) is 5.00. The van der Waals surface area contributed by atoms with Crippen LogP contribution in [0.4, 0.5) is 17.1 Å². The summed E-state index contributed by atoms with van der Waals surface area (Å²) in [6.07, 6.45) is 4.63. The van der Waals surface area contributed by atoms with Crippen LogP contribution in [0.15, 0.2) is 73.1 Å². The van der Waals surface area contributed by atoms with E-state index in [1.165, 1.54) is 0 Å². The first-order valence-corrected chi connectivity index (χ1v) is 8.83. The summed E-state index contributed by atoms with van der Waals surface area (Å²) >= 11 is 0. The molecule has 1 aromatic heterocycles. The maximum Gasteiger partial charge on any atom is 0.255 e. The maximum atomic E-state index is 12.5. The molecular formula is C22H25N3O. The second-order valence-electron chi connectivity index (χ2n) is 6.24. The first-order valence-electron chi connectivity index (χ1n) is 8.83. The van der Waals surface area contributed by atoms with Gasteiger partial charge in [-0.05, 0) is 55.8 Å². The third-order valence-corrected chi connectivity index (χ3v) is 4.10. The van der Waals surface area contributed by atoms with Gasteiger partial charge in [-0.25, -0.2) is 0 Å². The van der Waals surface area contributed by atoms with Gasteiger partial charge in [0.05, 0.1) is 11.9 Å². The van der Waals surface area contributed by atoms with Crippen LogP contribution in [0.2, 0.25) is 0 Å².